The van der Waals surface area contributed by atoms with Gasteiger partial charge in [0.05, 0.1) is 25.3 Å². The zero-order chi connectivity index (χ0) is 28.7. The van der Waals surface area contributed by atoms with Gasteiger partial charge in [0, 0.05) is 18.8 Å². The molecule has 2 fully saturated rings. The molecule has 0 aliphatic carbocycles. The van der Waals surface area contributed by atoms with Crippen LogP contribution in [0, 0.1) is 17.8 Å². The third-order valence-corrected chi connectivity index (χ3v) is 6.52. The van der Waals surface area contributed by atoms with Crippen LogP contribution >= 0.6 is 0 Å². The van der Waals surface area contributed by atoms with Gasteiger partial charge in [0.25, 0.3) is 11.8 Å². The predicted molar refractivity (Wildman–Crippen MR) is 145 cm³/mol. The van der Waals surface area contributed by atoms with E-state index in [1.54, 1.807) is 34.2 Å². The Balaban J connectivity index is 1.90. The molecule has 2 aliphatic rings. The van der Waals surface area contributed by atoms with Crippen molar-refractivity contribution in [1.82, 2.24) is 19.8 Å². The lowest BCUT2D eigenvalue weighted by Gasteiger charge is -2.53. The zero-order valence-electron chi connectivity index (χ0n) is 23.9. The van der Waals surface area contributed by atoms with E-state index in [9.17, 15) is 19.2 Å². The van der Waals surface area contributed by atoms with Crippen molar-refractivity contribution in [3.05, 3.63) is 36.2 Å². The van der Waals surface area contributed by atoms with Gasteiger partial charge in [-0.1, -0.05) is 47.6 Å². The van der Waals surface area contributed by atoms with Crippen LogP contribution in [-0.4, -0.2) is 81.5 Å². The molecule has 0 N–H and O–H groups in total. The predicted octanol–water partition coefficient (Wildman–Crippen LogP) is 3.28. The average molecular weight is 543 g/mol. The summed E-state index contributed by atoms with van der Waals surface area (Å²) in [5.74, 6) is -0.910. The minimum atomic E-state index is -0.881. The second-order valence-electron chi connectivity index (χ2n) is 11.5. The highest BCUT2D eigenvalue weighted by Gasteiger charge is 2.52. The Bertz CT molecular complexity index is 1040. The molecule has 214 valence electrons. The van der Waals surface area contributed by atoms with Crippen molar-refractivity contribution in [2.45, 2.75) is 79.1 Å². The first-order valence-corrected chi connectivity index (χ1v) is 13.8. The molecule has 10 heteroatoms. The topological polar surface area (TPSA) is 109 Å². The van der Waals surface area contributed by atoms with Gasteiger partial charge in [-0.2, -0.15) is 5.06 Å². The number of hydrogen-bond acceptors (Lipinski definition) is 7. The van der Waals surface area contributed by atoms with Gasteiger partial charge in [-0.25, -0.2) is 0 Å². The molecule has 3 heterocycles. The highest BCUT2D eigenvalue weighted by Crippen LogP contribution is 2.32. The maximum Gasteiger partial charge on any atom is 0.307 e. The Kier molecular flexibility index (Phi) is 10.6. The highest BCUT2D eigenvalue weighted by molar-refractivity contribution is 5.95. The molecule has 3 atom stereocenters. The number of pyridine rings is 1. The van der Waals surface area contributed by atoms with Crippen LogP contribution in [0.4, 0.5) is 0 Å². The minimum absolute atomic E-state index is 0.0257. The Hall–Kier alpha value is -3.27. The molecule has 1 aromatic heterocycles. The third-order valence-electron chi connectivity index (χ3n) is 6.52. The average Bonchev–Trinajstić information content (AvgIpc) is 2.88. The summed E-state index contributed by atoms with van der Waals surface area (Å²) in [6.45, 7) is 12.3. The number of ether oxygens (including phenoxy) is 1. The summed E-state index contributed by atoms with van der Waals surface area (Å²) < 4.78 is 5.28. The number of hydrogen-bond donors (Lipinski definition) is 0. The highest BCUT2D eigenvalue weighted by atomic mass is 16.7. The van der Waals surface area contributed by atoms with Crippen molar-refractivity contribution in [3.8, 4) is 0 Å². The summed E-state index contributed by atoms with van der Waals surface area (Å²) in [6.07, 6.45) is 3.74. The minimum Gasteiger partial charge on any atom is -0.465 e. The number of hydroxylamine groups is 2. The lowest BCUT2D eigenvalue weighted by Crippen LogP contribution is -2.73. The number of amides is 3. The van der Waals surface area contributed by atoms with Gasteiger partial charge in [-0.3, -0.25) is 29.0 Å². The van der Waals surface area contributed by atoms with E-state index in [-0.39, 0.29) is 49.1 Å². The van der Waals surface area contributed by atoms with Crippen molar-refractivity contribution < 1.29 is 28.8 Å². The van der Waals surface area contributed by atoms with Gasteiger partial charge in [0.15, 0.2) is 12.3 Å². The van der Waals surface area contributed by atoms with Crippen LogP contribution in [0.25, 0.3) is 6.08 Å². The molecule has 2 saturated heterocycles. The molecule has 3 rings (SSSR count). The van der Waals surface area contributed by atoms with Crippen molar-refractivity contribution in [1.29, 1.82) is 0 Å². The van der Waals surface area contributed by atoms with E-state index in [2.05, 4.69) is 4.98 Å². The van der Waals surface area contributed by atoms with Gasteiger partial charge < -0.3 is 14.5 Å². The molecule has 1 aromatic rings. The zero-order valence-corrected chi connectivity index (χ0v) is 23.9. The Morgan fingerprint density at radius 1 is 1.05 bits per heavy atom. The van der Waals surface area contributed by atoms with Crippen molar-refractivity contribution in [2.75, 3.05) is 19.7 Å². The van der Waals surface area contributed by atoms with Crippen molar-refractivity contribution in [2.24, 2.45) is 17.8 Å². The fourth-order valence-electron chi connectivity index (χ4n) is 4.71. The van der Waals surface area contributed by atoms with E-state index >= 15 is 0 Å². The molecule has 0 bridgehead atoms. The number of nitrogens with zero attached hydrogens (tertiary/aromatic N) is 4. The number of esters is 1. The smallest absolute Gasteiger partial charge is 0.307 e. The van der Waals surface area contributed by atoms with Gasteiger partial charge >= 0.3 is 5.97 Å². The number of piperazine rings is 1. The molecule has 3 amide bonds. The second-order valence-corrected chi connectivity index (χ2v) is 11.5. The molecule has 10 nitrogen and oxygen atoms in total. The van der Waals surface area contributed by atoms with Gasteiger partial charge in [0.1, 0.15) is 6.04 Å². The van der Waals surface area contributed by atoms with Gasteiger partial charge in [0.2, 0.25) is 5.91 Å². The maximum absolute atomic E-state index is 13.7. The van der Waals surface area contributed by atoms with Crippen LogP contribution in [0.15, 0.2) is 30.5 Å². The number of carbonyl (C=O) groups is 4. The van der Waals surface area contributed by atoms with Gasteiger partial charge in [-0.05, 0) is 48.8 Å². The van der Waals surface area contributed by atoms with Gasteiger partial charge in [-0.15, -0.1) is 0 Å². The van der Waals surface area contributed by atoms with Crippen LogP contribution in [0.5, 0.6) is 0 Å². The Labute approximate surface area is 231 Å². The summed E-state index contributed by atoms with van der Waals surface area (Å²) in [6, 6.07) is 4.61. The fraction of sp³-hybridized carbons (Fsp3) is 0.621. The first kappa shape index (κ1) is 30.3. The summed E-state index contributed by atoms with van der Waals surface area (Å²) in [5.41, 5.74) is 0.604. The molecule has 0 unspecified atom stereocenters. The molecule has 39 heavy (non-hydrogen) atoms. The SMILES string of the molecule is CC(C)COC(=O)CCN1C[C@@H]2N(C(=O)/C=C/c3ccccn3)O[C@H](CC(C)C)C(=O)N2[C@@H](CC(C)C)C1=O. The molecule has 0 spiro atoms. The largest absolute Gasteiger partial charge is 0.465 e. The molecule has 0 aromatic carbocycles. The van der Waals surface area contributed by atoms with Crippen LogP contribution < -0.4 is 0 Å². The van der Waals surface area contributed by atoms with Crippen molar-refractivity contribution in [3.63, 3.8) is 0 Å². The summed E-state index contributed by atoms with van der Waals surface area (Å²) >= 11 is 0. The van der Waals surface area contributed by atoms with E-state index < -0.39 is 30.2 Å². The number of aromatic nitrogens is 1. The van der Waals surface area contributed by atoms with E-state index in [1.165, 1.54) is 11.1 Å². The third kappa shape index (κ3) is 8.11. The molecular formula is C29H42N4O6. The number of carbonyl (C=O) groups excluding carboxylic acids is 4. The molecular weight excluding hydrogens is 500 g/mol. The molecule has 0 radical (unpaired) electrons. The van der Waals surface area contributed by atoms with E-state index in [0.717, 1.165) is 0 Å². The fourth-order valence-corrected chi connectivity index (χ4v) is 4.71. The normalized spacial score (nSPS) is 21.9. The molecule has 2 aliphatic heterocycles. The van der Waals surface area contributed by atoms with Crippen LogP contribution in [0.1, 0.15) is 66.5 Å². The van der Waals surface area contributed by atoms with Crippen molar-refractivity contribution >= 4 is 29.8 Å². The lowest BCUT2D eigenvalue weighted by atomic mass is 9.95. The first-order chi connectivity index (χ1) is 18.5. The second kappa shape index (κ2) is 13.7. The van der Waals surface area contributed by atoms with E-state index in [4.69, 9.17) is 9.57 Å². The summed E-state index contributed by atoms with van der Waals surface area (Å²) in [7, 11) is 0. The lowest BCUT2D eigenvalue weighted by molar-refractivity contribution is -0.274. The quantitative estimate of drug-likeness (QED) is 0.312. The molecule has 0 saturated carbocycles. The van der Waals surface area contributed by atoms with E-state index in [0.29, 0.717) is 25.1 Å². The monoisotopic (exact) mass is 542 g/mol. The first-order valence-electron chi connectivity index (χ1n) is 13.8. The Morgan fingerprint density at radius 3 is 2.38 bits per heavy atom. The van der Waals surface area contributed by atoms with Crippen LogP contribution in [0.2, 0.25) is 0 Å². The van der Waals surface area contributed by atoms with Crippen LogP contribution in [-0.2, 0) is 28.8 Å². The summed E-state index contributed by atoms with van der Waals surface area (Å²) in [4.78, 5) is 66.5. The maximum atomic E-state index is 13.7. The number of rotatable bonds is 11. The Morgan fingerprint density at radius 2 is 1.77 bits per heavy atom. The van der Waals surface area contributed by atoms with Crippen LogP contribution in [0.3, 0.4) is 0 Å². The van der Waals surface area contributed by atoms with E-state index in [1.807, 2.05) is 47.6 Å². The number of fused-ring (bicyclic) bond motifs is 1. The summed E-state index contributed by atoms with van der Waals surface area (Å²) in [5, 5.41) is 1.22. The standard InChI is InChI=1S/C29H42N4O6/c1-19(2)15-23-28(36)31(14-12-27(35)38-18-21(5)6)17-25-32(23)29(37)24(16-20(3)4)39-33(25)26(34)11-10-22-9-7-8-13-30-22/h7-11,13,19-21,23-25H,12,14-18H2,1-6H3/b11-10+/t23-,24+,25-/m0/s1.